The predicted octanol–water partition coefficient (Wildman–Crippen LogP) is 2.56. The number of fused-ring (bicyclic) bond motifs is 1. The quantitative estimate of drug-likeness (QED) is 0.627. The summed E-state index contributed by atoms with van der Waals surface area (Å²) in [7, 11) is 1.56. The minimum absolute atomic E-state index is 0.295. The van der Waals surface area contributed by atoms with Crippen LogP contribution in [0.4, 0.5) is 5.69 Å². The van der Waals surface area contributed by atoms with Crippen molar-refractivity contribution in [2.24, 2.45) is 0 Å². The van der Waals surface area contributed by atoms with Crippen molar-refractivity contribution in [3.63, 3.8) is 0 Å². The van der Waals surface area contributed by atoms with Crippen molar-refractivity contribution in [3.8, 4) is 5.75 Å². The van der Waals surface area contributed by atoms with Crippen molar-refractivity contribution in [3.05, 3.63) is 46.7 Å². The Morgan fingerprint density at radius 2 is 1.97 bits per heavy atom. The Morgan fingerprint density at radius 1 is 1.23 bits per heavy atom. The van der Waals surface area contributed by atoms with Crippen LogP contribution in [0, 0.1) is 6.92 Å². The summed E-state index contributed by atoms with van der Waals surface area (Å²) in [6.45, 7) is 7.63. The van der Waals surface area contributed by atoms with Gasteiger partial charge in [-0.2, -0.15) is 5.10 Å². The van der Waals surface area contributed by atoms with Crippen LogP contribution in [0.2, 0.25) is 5.02 Å². The maximum Gasteiger partial charge on any atom is 0.261 e. The number of aromatic nitrogens is 3. The molecule has 3 aromatic rings. The number of amides is 1. The Bertz CT molecular complexity index is 1040. The topological polar surface area (TPSA) is 84.3 Å². The highest BCUT2D eigenvalue weighted by Crippen LogP contribution is 2.31. The summed E-state index contributed by atoms with van der Waals surface area (Å²) in [6, 6.07) is 6.95. The summed E-state index contributed by atoms with van der Waals surface area (Å²) < 4.78 is 7.53. The number of carbonyl (C=O) groups is 1. The van der Waals surface area contributed by atoms with E-state index in [-0.39, 0.29) is 5.91 Å². The Hall–Kier alpha value is -2.68. The number of ether oxygens (including phenoxy) is 1. The lowest BCUT2D eigenvalue weighted by Gasteiger charge is -2.26. The number of carbonyl (C=O) groups excluding carboxylic acids is 1. The number of piperazine rings is 1. The fourth-order valence-corrected chi connectivity index (χ4v) is 3.84. The van der Waals surface area contributed by atoms with E-state index in [0.29, 0.717) is 22.0 Å². The van der Waals surface area contributed by atoms with Gasteiger partial charge >= 0.3 is 0 Å². The summed E-state index contributed by atoms with van der Waals surface area (Å²) in [5.74, 6) is 0.189. The third-order valence-electron chi connectivity index (χ3n) is 5.28. The first-order valence-electron chi connectivity index (χ1n) is 9.97. The number of nitrogens with one attached hydrogen (secondary N) is 2. The van der Waals surface area contributed by atoms with E-state index >= 15 is 0 Å². The van der Waals surface area contributed by atoms with Gasteiger partial charge in [-0.3, -0.25) is 9.69 Å². The average Bonchev–Trinajstić information content (AvgIpc) is 3.09. The fourth-order valence-electron chi connectivity index (χ4n) is 3.72. The molecule has 1 aromatic carbocycles. The number of nitrogens with zero attached hydrogens (tertiary/aromatic N) is 4. The third kappa shape index (κ3) is 4.26. The first-order chi connectivity index (χ1) is 14.6. The molecular weight excluding hydrogens is 404 g/mol. The molecule has 2 aromatic heterocycles. The largest absolute Gasteiger partial charge is 0.495 e. The lowest BCUT2D eigenvalue weighted by Crippen LogP contribution is -2.44. The monoisotopic (exact) mass is 428 g/mol. The maximum absolute atomic E-state index is 12.9. The molecule has 0 unspecified atom stereocenters. The van der Waals surface area contributed by atoms with Gasteiger partial charge < -0.3 is 15.4 Å². The number of hydrogen-bond donors (Lipinski definition) is 2. The highest BCUT2D eigenvalue weighted by Gasteiger charge is 2.22. The first-order valence-corrected chi connectivity index (χ1v) is 10.3. The minimum atomic E-state index is -0.295. The van der Waals surface area contributed by atoms with E-state index in [1.165, 1.54) is 0 Å². The highest BCUT2D eigenvalue weighted by atomic mass is 35.5. The SMILES string of the molecule is COc1c(C(=O)Nc2ccc(Cl)cc2)cnc2c1c(C)nn2CCN1CCNCC1. The lowest BCUT2D eigenvalue weighted by atomic mass is 10.1. The molecule has 0 bridgehead atoms. The van der Waals surface area contributed by atoms with Crippen molar-refractivity contribution in [2.75, 3.05) is 45.2 Å². The smallest absolute Gasteiger partial charge is 0.261 e. The molecule has 0 saturated carbocycles. The van der Waals surface area contributed by atoms with E-state index in [1.54, 1.807) is 37.6 Å². The third-order valence-corrected chi connectivity index (χ3v) is 5.53. The zero-order valence-corrected chi connectivity index (χ0v) is 17.9. The molecule has 1 amide bonds. The molecule has 1 aliphatic heterocycles. The van der Waals surface area contributed by atoms with Crippen molar-refractivity contribution >= 4 is 34.2 Å². The number of hydrogen-bond acceptors (Lipinski definition) is 6. The second-order valence-corrected chi connectivity index (χ2v) is 7.70. The van der Waals surface area contributed by atoms with Gasteiger partial charge in [-0.25, -0.2) is 9.67 Å². The van der Waals surface area contributed by atoms with E-state index in [1.807, 2.05) is 11.6 Å². The molecule has 2 N–H and O–H groups in total. The number of methoxy groups -OCH3 is 1. The molecule has 4 rings (SSSR count). The van der Waals surface area contributed by atoms with E-state index in [4.69, 9.17) is 16.3 Å². The summed E-state index contributed by atoms with van der Waals surface area (Å²) in [5, 5.41) is 12.3. The van der Waals surface area contributed by atoms with Crippen molar-refractivity contribution in [1.82, 2.24) is 25.0 Å². The minimum Gasteiger partial charge on any atom is -0.495 e. The molecule has 8 nitrogen and oxygen atoms in total. The molecule has 0 aliphatic carbocycles. The van der Waals surface area contributed by atoms with Gasteiger partial charge in [0.1, 0.15) is 11.3 Å². The molecule has 9 heteroatoms. The van der Waals surface area contributed by atoms with Gasteiger partial charge in [0.25, 0.3) is 5.91 Å². The van der Waals surface area contributed by atoms with E-state index < -0.39 is 0 Å². The molecule has 3 heterocycles. The van der Waals surface area contributed by atoms with Crippen LogP contribution in [-0.2, 0) is 6.54 Å². The zero-order chi connectivity index (χ0) is 21.1. The fraction of sp³-hybridized carbons (Fsp3) is 0.381. The summed E-state index contributed by atoms with van der Waals surface area (Å²) in [5.41, 5.74) is 2.53. The second kappa shape index (κ2) is 8.99. The normalized spacial score (nSPS) is 14.8. The Kier molecular flexibility index (Phi) is 6.17. The number of halogens is 1. The Labute approximate surface area is 180 Å². The van der Waals surface area contributed by atoms with Crippen molar-refractivity contribution < 1.29 is 9.53 Å². The van der Waals surface area contributed by atoms with E-state index in [0.717, 1.165) is 56.0 Å². The van der Waals surface area contributed by atoms with Crippen LogP contribution in [0.25, 0.3) is 11.0 Å². The van der Waals surface area contributed by atoms with Gasteiger partial charge in [-0.15, -0.1) is 0 Å². The van der Waals surface area contributed by atoms with E-state index in [2.05, 4.69) is 25.6 Å². The van der Waals surface area contributed by atoms with Crippen molar-refractivity contribution in [2.45, 2.75) is 13.5 Å². The first kappa shape index (κ1) is 20.6. The van der Waals surface area contributed by atoms with Crippen molar-refractivity contribution in [1.29, 1.82) is 0 Å². The number of rotatable bonds is 6. The second-order valence-electron chi connectivity index (χ2n) is 7.26. The van der Waals surface area contributed by atoms with Gasteiger partial charge in [0.15, 0.2) is 5.65 Å². The molecular formula is C21H25ClN6O2. The molecule has 158 valence electrons. The standard InChI is InChI=1S/C21H25ClN6O2/c1-14-18-19(30-2)17(21(29)25-16-5-3-15(22)4-6-16)13-24-20(18)28(26-14)12-11-27-9-7-23-8-10-27/h3-6,13,23H,7-12H2,1-2H3,(H,25,29). The molecule has 0 radical (unpaired) electrons. The van der Waals surface area contributed by atoms with Crippen LogP contribution in [0.3, 0.4) is 0 Å². The number of benzene rings is 1. The Balaban J connectivity index is 1.60. The van der Waals surface area contributed by atoms with Gasteiger partial charge in [0.2, 0.25) is 0 Å². The van der Waals surface area contributed by atoms with Gasteiger partial charge in [-0.1, -0.05) is 11.6 Å². The van der Waals surface area contributed by atoms with Crippen LogP contribution in [0.1, 0.15) is 16.1 Å². The summed E-state index contributed by atoms with van der Waals surface area (Å²) >= 11 is 5.92. The highest BCUT2D eigenvalue weighted by molar-refractivity contribution is 6.30. The van der Waals surface area contributed by atoms with Gasteiger partial charge in [-0.05, 0) is 31.2 Å². The molecule has 30 heavy (non-hydrogen) atoms. The zero-order valence-electron chi connectivity index (χ0n) is 17.1. The number of anilines is 1. The van der Waals surface area contributed by atoms with Crippen LogP contribution in [0.5, 0.6) is 5.75 Å². The van der Waals surface area contributed by atoms with Gasteiger partial charge in [0.05, 0.1) is 24.7 Å². The van der Waals surface area contributed by atoms with Crippen LogP contribution in [-0.4, -0.2) is 65.4 Å². The molecule has 1 fully saturated rings. The Morgan fingerprint density at radius 3 is 2.67 bits per heavy atom. The molecule has 0 atom stereocenters. The summed E-state index contributed by atoms with van der Waals surface area (Å²) in [6.07, 6.45) is 1.55. The molecule has 0 spiro atoms. The molecule has 1 saturated heterocycles. The summed E-state index contributed by atoms with van der Waals surface area (Å²) in [4.78, 5) is 19.8. The average molecular weight is 429 g/mol. The van der Waals surface area contributed by atoms with Crippen LogP contribution < -0.4 is 15.4 Å². The predicted molar refractivity (Wildman–Crippen MR) is 118 cm³/mol. The number of aryl methyl sites for hydroxylation is 1. The van der Waals surface area contributed by atoms with Crippen LogP contribution in [0.15, 0.2) is 30.5 Å². The maximum atomic E-state index is 12.9. The number of pyridine rings is 1. The van der Waals surface area contributed by atoms with E-state index in [9.17, 15) is 4.79 Å². The molecule has 1 aliphatic rings. The van der Waals surface area contributed by atoms with Gasteiger partial charge in [0, 0.05) is 49.6 Å². The van der Waals surface area contributed by atoms with Crippen LogP contribution >= 0.6 is 11.6 Å². The lowest BCUT2D eigenvalue weighted by molar-refractivity contribution is 0.102.